The number of benzene rings is 2. The molecule has 1 aliphatic rings. The molecule has 5 nitrogen and oxygen atoms in total. The summed E-state index contributed by atoms with van der Waals surface area (Å²) in [5, 5.41) is 2.89. The zero-order valence-electron chi connectivity index (χ0n) is 15.7. The number of amides is 1. The lowest BCUT2D eigenvalue weighted by molar-refractivity contribution is 0.102. The molecule has 0 aliphatic carbocycles. The smallest absolute Gasteiger partial charge is 0.255 e. The Kier molecular flexibility index (Phi) is 7.26. The molecule has 2 aromatic rings. The molecule has 1 fully saturated rings. The number of nitrogens with one attached hydrogen (secondary N) is 1. The molecule has 0 atom stereocenters. The normalized spacial score (nSPS) is 15.5. The van der Waals surface area contributed by atoms with Gasteiger partial charge in [0.25, 0.3) is 5.91 Å². The van der Waals surface area contributed by atoms with Crippen LogP contribution < -0.4 is 10.1 Å². The summed E-state index contributed by atoms with van der Waals surface area (Å²) in [5.74, 6) is 0.674. The van der Waals surface area contributed by atoms with Gasteiger partial charge in [-0.25, -0.2) is 0 Å². The monoisotopic (exact) mass is 431 g/mol. The minimum absolute atomic E-state index is 0.126. The van der Waals surface area contributed by atoms with Crippen LogP contribution in [0, 0.1) is 0 Å². The van der Waals surface area contributed by atoms with Gasteiger partial charge in [-0.1, -0.05) is 15.9 Å². The Balaban J connectivity index is 1.40. The summed E-state index contributed by atoms with van der Waals surface area (Å²) < 4.78 is 6.79. The highest BCUT2D eigenvalue weighted by atomic mass is 79.9. The molecule has 0 saturated carbocycles. The Morgan fingerprint density at radius 2 is 1.70 bits per heavy atom. The van der Waals surface area contributed by atoms with Crippen LogP contribution in [0.15, 0.2) is 53.0 Å². The second-order valence-electron chi connectivity index (χ2n) is 6.83. The van der Waals surface area contributed by atoms with Crippen molar-refractivity contribution < 1.29 is 9.53 Å². The molecule has 0 spiro atoms. The van der Waals surface area contributed by atoms with Gasteiger partial charge < -0.3 is 19.9 Å². The zero-order chi connectivity index (χ0) is 19.1. The van der Waals surface area contributed by atoms with E-state index in [9.17, 15) is 4.79 Å². The van der Waals surface area contributed by atoms with E-state index in [0.717, 1.165) is 55.1 Å². The molecule has 3 rings (SSSR count). The summed E-state index contributed by atoms with van der Waals surface area (Å²) in [6.45, 7) is 6.32. The minimum Gasteiger partial charge on any atom is -0.494 e. The highest BCUT2D eigenvalue weighted by Gasteiger charge is 2.13. The van der Waals surface area contributed by atoms with Crippen molar-refractivity contribution in [1.82, 2.24) is 9.80 Å². The van der Waals surface area contributed by atoms with Gasteiger partial charge in [-0.15, -0.1) is 0 Å². The number of ether oxygens (including phenoxy) is 1. The van der Waals surface area contributed by atoms with Crippen LogP contribution in [-0.2, 0) is 0 Å². The average Bonchev–Trinajstić information content (AvgIpc) is 2.69. The lowest BCUT2D eigenvalue weighted by Gasteiger charge is -2.32. The molecule has 0 aromatic heterocycles. The highest BCUT2D eigenvalue weighted by molar-refractivity contribution is 9.10. The van der Waals surface area contributed by atoms with E-state index in [4.69, 9.17) is 4.74 Å². The molecule has 1 amide bonds. The number of carbonyl (C=O) groups excluding carboxylic acids is 1. The van der Waals surface area contributed by atoms with E-state index in [0.29, 0.717) is 12.2 Å². The molecular weight excluding hydrogens is 406 g/mol. The third kappa shape index (κ3) is 6.34. The van der Waals surface area contributed by atoms with E-state index >= 15 is 0 Å². The Morgan fingerprint density at radius 3 is 2.37 bits per heavy atom. The molecule has 2 aromatic carbocycles. The number of carbonyl (C=O) groups is 1. The minimum atomic E-state index is -0.126. The van der Waals surface area contributed by atoms with Crippen LogP contribution in [0.4, 0.5) is 5.69 Å². The number of hydrogen-bond acceptors (Lipinski definition) is 4. The van der Waals surface area contributed by atoms with Crippen LogP contribution in [0.2, 0.25) is 0 Å². The number of hydrogen-bond donors (Lipinski definition) is 1. The lowest BCUT2D eigenvalue weighted by atomic mass is 10.2. The molecule has 144 valence electrons. The maximum absolute atomic E-state index is 12.3. The second-order valence-corrected chi connectivity index (χ2v) is 7.75. The van der Waals surface area contributed by atoms with E-state index in [-0.39, 0.29) is 5.91 Å². The first kappa shape index (κ1) is 19.9. The largest absolute Gasteiger partial charge is 0.494 e. The average molecular weight is 432 g/mol. The fourth-order valence-electron chi connectivity index (χ4n) is 2.99. The molecule has 6 heteroatoms. The van der Waals surface area contributed by atoms with Gasteiger partial charge in [0, 0.05) is 48.4 Å². The first-order chi connectivity index (χ1) is 13.1. The number of likely N-dealkylation sites (N-methyl/N-ethyl adjacent to an activating group) is 1. The Bertz CT molecular complexity index is 726. The van der Waals surface area contributed by atoms with E-state index < -0.39 is 0 Å². The van der Waals surface area contributed by atoms with E-state index in [2.05, 4.69) is 38.1 Å². The summed E-state index contributed by atoms with van der Waals surface area (Å²) in [6.07, 6.45) is 1.01. The van der Waals surface area contributed by atoms with Crippen molar-refractivity contribution in [1.29, 1.82) is 0 Å². The number of rotatable bonds is 7. The summed E-state index contributed by atoms with van der Waals surface area (Å²) in [5.41, 5.74) is 1.38. The standard InChI is InChI=1S/C21H26BrN3O2/c1-24-12-14-25(15-13-24)11-2-16-27-20-9-3-17(4-10-20)21(26)23-19-7-5-18(22)6-8-19/h3-10H,2,11-16H2,1H3,(H,23,26). The lowest BCUT2D eigenvalue weighted by Crippen LogP contribution is -2.44. The van der Waals surface area contributed by atoms with Crippen molar-refractivity contribution in [2.75, 3.05) is 51.7 Å². The topological polar surface area (TPSA) is 44.8 Å². The summed E-state index contributed by atoms with van der Waals surface area (Å²) in [6, 6.07) is 14.8. The quantitative estimate of drug-likeness (QED) is 0.678. The van der Waals surface area contributed by atoms with Crippen molar-refractivity contribution in [3.8, 4) is 5.75 Å². The maximum atomic E-state index is 12.3. The predicted octanol–water partition coefficient (Wildman–Crippen LogP) is 3.72. The van der Waals surface area contributed by atoms with E-state index in [1.165, 1.54) is 0 Å². The SMILES string of the molecule is CN1CCN(CCCOc2ccc(C(=O)Nc3ccc(Br)cc3)cc2)CC1. The van der Waals surface area contributed by atoms with Gasteiger partial charge in [-0.05, 0) is 62.0 Å². The summed E-state index contributed by atoms with van der Waals surface area (Å²) in [7, 11) is 2.17. The molecule has 0 bridgehead atoms. The Labute approximate surface area is 169 Å². The summed E-state index contributed by atoms with van der Waals surface area (Å²) >= 11 is 3.38. The van der Waals surface area contributed by atoms with Gasteiger partial charge in [0.1, 0.15) is 5.75 Å². The number of piperazine rings is 1. The molecule has 1 N–H and O–H groups in total. The highest BCUT2D eigenvalue weighted by Crippen LogP contribution is 2.17. The van der Waals surface area contributed by atoms with Crippen LogP contribution in [0.5, 0.6) is 5.75 Å². The fourth-order valence-corrected chi connectivity index (χ4v) is 3.25. The predicted molar refractivity (Wildman–Crippen MR) is 113 cm³/mol. The molecule has 1 heterocycles. The van der Waals surface area contributed by atoms with E-state index in [1.54, 1.807) is 12.1 Å². The first-order valence-corrected chi connectivity index (χ1v) is 10.1. The van der Waals surface area contributed by atoms with Crippen LogP contribution in [-0.4, -0.2) is 62.1 Å². The van der Waals surface area contributed by atoms with Gasteiger partial charge in [-0.3, -0.25) is 4.79 Å². The zero-order valence-corrected chi connectivity index (χ0v) is 17.2. The van der Waals surface area contributed by atoms with Crippen molar-refractivity contribution in [3.63, 3.8) is 0 Å². The van der Waals surface area contributed by atoms with E-state index in [1.807, 2.05) is 36.4 Å². The van der Waals surface area contributed by atoms with Gasteiger partial charge in [0.2, 0.25) is 0 Å². The summed E-state index contributed by atoms with van der Waals surface area (Å²) in [4.78, 5) is 17.1. The van der Waals surface area contributed by atoms with Gasteiger partial charge in [0.05, 0.1) is 6.61 Å². The Morgan fingerprint density at radius 1 is 1.04 bits per heavy atom. The van der Waals surface area contributed by atoms with Crippen molar-refractivity contribution in [3.05, 3.63) is 58.6 Å². The van der Waals surface area contributed by atoms with Gasteiger partial charge >= 0.3 is 0 Å². The fraction of sp³-hybridized carbons (Fsp3) is 0.381. The molecule has 0 radical (unpaired) electrons. The Hall–Kier alpha value is -1.89. The third-order valence-electron chi connectivity index (χ3n) is 4.70. The number of halogens is 1. The van der Waals surface area contributed by atoms with Crippen molar-refractivity contribution >= 4 is 27.5 Å². The molecule has 27 heavy (non-hydrogen) atoms. The first-order valence-electron chi connectivity index (χ1n) is 9.31. The van der Waals surface area contributed by atoms with Crippen molar-refractivity contribution in [2.45, 2.75) is 6.42 Å². The number of anilines is 1. The number of nitrogens with zero attached hydrogens (tertiary/aromatic N) is 2. The van der Waals surface area contributed by atoms with Crippen LogP contribution >= 0.6 is 15.9 Å². The molecule has 1 aliphatic heterocycles. The van der Waals surface area contributed by atoms with Gasteiger partial charge in [-0.2, -0.15) is 0 Å². The van der Waals surface area contributed by atoms with Crippen LogP contribution in [0.3, 0.4) is 0 Å². The van der Waals surface area contributed by atoms with Crippen molar-refractivity contribution in [2.24, 2.45) is 0 Å². The molecule has 0 unspecified atom stereocenters. The van der Waals surface area contributed by atoms with Crippen LogP contribution in [0.25, 0.3) is 0 Å². The molecule has 1 saturated heterocycles. The van der Waals surface area contributed by atoms with Crippen LogP contribution in [0.1, 0.15) is 16.8 Å². The molecular formula is C21H26BrN3O2. The van der Waals surface area contributed by atoms with Gasteiger partial charge in [0.15, 0.2) is 0 Å². The second kappa shape index (κ2) is 9.88. The third-order valence-corrected chi connectivity index (χ3v) is 5.23. The maximum Gasteiger partial charge on any atom is 0.255 e.